The van der Waals surface area contributed by atoms with Gasteiger partial charge in [0.1, 0.15) is 17.1 Å². The van der Waals surface area contributed by atoms with Crippen molar-refractivity contribution < 1.29 is 28.8 Å². The Balaban J connectivity index is 2.59. The number of methoxy groups -OCH3 is 3. The summed E-state index contributed by atoms with van der Waals surface area (Å²) in [5.74, 6) is 0.283. The quantitative estimate of drug-likeness (QED) is 0.417. The molecule has 6 heteroatoms. The molecule has 0 bridgehead atoms. The van der Waals surface area contributed by atoms with Crippen LogP contribution in [0.5, 0.6) is 11.5 Å². The maximum Gasteiger partial charge on any atom is 0.376 e. The van der Waals surface area contributed by atoms with E-state index in [1.807, 2.05) is 13.8 Å². The lowest BCUT2D eigenvalue weighted by Crippen LogP contribution is -2.24. The molecule has 0 fully saturated rings. The SMILES string of the molecule is COc1ccc(OC)c(C(=O)OOCCC(C)(C)OC)c1. The molecule has 1 rings (SSSR count). The third-order valence-corrected chi connectivity index (χ3v) is 3.10. The third kappa shape index (κ3) is 5.24. The summed E-state index contributed by atoms with van der Waals surface area (Å²) in [4.78, 5) is 21.7. The van der Waals surface area contributed by atoms with Crippen LogP contribution in [0.3, 0.4) is 0 Å². The van der Waals surface area contributed by atoms with Crippen molar-refractivity contribution >= 4 is 5.97 Å². The van der Waals surface area contributed by atoms with Crippen LogP contribution in [0.15, 0.2) is 18.2 Å². The lowest BCUT2D eigenvalue weighted by atomic mass is 10.1. The Morgan fingerprint density at radius 2 is 1.86 bits per heavy atom. The number of hydrogen-bond donors (Lipinski definition) is 0. The van der Waals surface area contributed by atoms with E-state index in [0.717, 1.165) is 0 Å². The van der Waals surface area contributed by atoms with Gasteiger partial charge in [-0.2, -0.15) is 4.89 Å². The van der Waals surface area contributed by atoms with Gasteiger partial charge in [-0.25, -0.2) is 4.79 Å². The lowest BCUT2D eigenvalue weighted by molar-refractivity contribution is -0.247. The molecule has 0 spiro atoms. The minimum atomic E-state index is -0.638. The van der Waals surface area contributed by atoms with Crippen molar-refractivity contribution in [3.05, 3.63) is 23.8 Å². The second-order valence-electron chi connectivity index (χ2n) is 4.97. The van der Waals surface area contributed by atoms with Gasteiger partial charge in [0, 0.05) is 13.5 Å². The van der Waals surface area contributed by atoms with Crippen molar-refractivity contribution in [1.29, 1.82) is 0 Å². The Bertz CT molecular complexity index is 469. The van der Waals surface area contributed by atoms with E-state index in [1.54, 1.807) is 19.2 Å². The topological polar surface area (TPSA) is 63.2 Å². The minimum Gasteiger partial charge on any atom is -0.497 e. The van der Waals surface area contributed by atoms with Crippen molar-refractivity contribution in [2.75, 3.05) is 27.9 Å². The van der Waals surface area contributed by atoms with Gasteiger partial charge in [-0.15, -0.1) is 0 Å². The predicted octanol–water partition coefficient (Wildman–Crippen LogP) is 2.61. The van der Waals surface area contributed by atoms with Crippen molar-refractivity contribution in [1.82, 2.24) is 0 Å². The summed E-state index contributed by atoms with van der Waals surface area (Å²) in [5.41, 5.74) is -0.0945. The highest BCUT2D eigenvalue weighted by molar-refractivity contribution is 5.92. The van der Waals surface area contributed by atoms with Crippen LogP contribution in [-0.4, -0.2) is 39.5 Å². The molecule has 118 valence electrons. The van der Waals surface area contributed by atoms with E-state index < -0.39 is 5.97 Å². The number of rotatable bonds is 8. The maximum atomic E-state index is 12.0. The van der Waals surface area contributed by atoms with Gasteiger partial charge < -0.3 is 14.2 Å². The molecule has 0 aliphatic heterocycles. The fourth-order valence-corrected chi connectivity index (χ4v) is 1.50. The number of benzene rings is 1. The normalized spacial score (nSPS) is 11.1. The van der Waals surface area contributed by atoms with E-state index >= 15 is 0 Å². The summed E-state index contributed by atoms with van der Waals surface area (Å²) in [7, 11) is 4.61. The number of hydrogen-bond acceptors (Lipinski definition) is 6. The highest BCUT2D eigenvalue weighted by Gasteiger charge is 2.19. The number of carbonyl (C=O) groups is 1. The third-order valence-electron chi connectivity index (χ3n) is 3.10. The summed E-state index contributed by atoms with van der Waals surface area (Å²) in [5, 5.41) is 0. The molecule has 1 aromatic carbocycles. The Hall–Kier alpha value is -1.79. The number of carbonyl (C=O) groups excluding carboxylic acids is 1. The molecule has 6 nitrogen and oxygen atoms in total. The molecule has 21 heavy (non-hydrogen) atoms. The Kier molecular flexibility index (Phi) is 6.45. The van der Waals surface area contributed by atoms with E-state index in [0.29, 0.717) is 17.9 Å². The van der Waals surface area contributed by atoms with Crippen LogP contribution in [0, 0.1) is 0 Å². The highest BCUT2D eigenvalue weighted by atomic mass is 17.2. The molecule has 1 aromatic rings. The zero-order valence-electron chi connectivity index (χ0n) is 13.1. The largest absolute Gasteiger partial charge is 0.497 e. The zero-order chi connectivity index (χ0) is 15.9. The van der Waals surface area contributed by atoms with Crippen LogP contribution < -0.4 is 9.47 Å². The predicted molar refractivity (Wildman–Crippen MR) is 76.6 cm³/mol. The van der Waals surface area contributed by atoms with E-state index in [2.05, 4.69) is 0 Å². The van der Waals surface area contributed by atoms with Crippen LogP contribution in [0.25, 0.3) is 0 Å². The molecule has 0 unspecified atom stereocenters. The van der Waals surface area contributed by atoms with Crippen LogP contribution >= 0.6 is 0 Å². The summed E-state index contributed by atoms with van der Waals surface area (Å²) in [6, 6.07) is 4.85. The Labute approximate surface area is 124 Å². The molecule has 0 radical (unpaired) electrons. The standard InChI is InChI=1S/C15H22O6/c1-15(2,19-5)8-9-20-21-14(16)12-10-11(17-3)6-7-13(12)18-4/h6-7,10H,8-9H2,1-5H3. The average Bonchev–Trinajstić information content (AvgIpc) is 2.50. The first-order chi connectivity index (χ1) is 9.93. The molecule has 0 heterocycles. The second-order valence-corrected chi connectivity index (χ2v) is 4.97. The van der Waals surface area contributed by atoms with Crippen LogP contribution in [-0.2, 0) is 14.5 Å². The molecular formula is C15H22O6. The van der Waals surface area contributed by atoms with Crippen molar-refractivity contribution in [2.24, 2.45) is 0 Å². The van der Waals surface area contributed by atoms with Gasteiger partial charge >= 0.3 is 5.97 Å². The van der Waals surface area contributed by atoms with Gasteiger partial charge in [-0.3, -0.25) is 4.89 Å². The van der Waals surface area contributed by atoms with Crippen LogP contribution in [0.4, 0.5) is 0 Å². The van der Waals surface area contributed by atoms with Gasteiger partial charge in [0.15, 0.2) is 0 Å². The fraction of sp³-hybridized carbons (Fsp3) is 0.533. The first kappa shape index (κ1) is 17.3. The summed E-state index contributed by atoms with van der Waals surface area (Å²) >= 11 is 0. The van der Waals surface area contributed by atoms with E-state index in [9.17, 15) is 4.79 Å². The van der Waals surface area contributed by atoms with Gasteiger partial charge in [-0.1, -0.05) is 0 Å². The first-order valence-electron chi connectivity index (χ1n) is 6.54. The van der Waals surface area contributed by atoms with Gasteiger partial charge in [0.05, 0.1) is 26.4 Å². The summed E-state index contributed by atoms with van der Waals surface area (Å²) in [6.07, 6.45) is 0.589. The van der Waals surface area contributed by atoms with Gasteiger partial charge in [0.2, 0.25) is 0 Å². The highest BCUT2D eigenvalue weighted by Crippen LogP contribution is 2.24. The van der Waals surface area contributed by atoms with Crippen molar-refractivity contribution in [3.63, 3.8) is 0 Å². The summed E-state index contributed by atoms with van der Waals surface area (Å²) < 4.78 is 15.4. The van der Waals surface area contributed by atoms with E-state index in [4.69, 9.17) is 24.0 Å². The lowest BCUT2D eigenvalue weighted by Gasteiger charge is -2.21. The molecule has 0 atom stereocenters. The van der Waals surface area contributed by atoms with Crippen molar-refractivity contribution in [3.8, 4) is 11.5 Å². The van der Waals surface area contributed by atoms with Gasteiger partial charge in [0.25, 0.3) is 0 Å². The van der Waals surface area contributed by atoms with Crippen LogP contribution in [0.1, 0.15) is 30.6 Å². The molecule has 0 saturated carbocycles. The first-order valence-corrected chi connectivity index (χ1v) is 6.54. The smallest absolute Gasteiger partial charge is 0.376 e. The molecule has 0 N–H and O–H groups in total. The van der Waals surface area contributed by atoms with Crippen LogP contribution in [0.2, 0.25) is 0 Å². The fourth-order valence-electron chi connectivity index (χ4n) is 1.50. The number of ether oxygens (including phenoxy) is 3. The molecule has 0 aromatic heterocycles. The Morgan fingerprint density at radius 1 is 1.14 bits per heavy atom. The second kappa shape index (κ2) is 7.85. The molecule has 0 aliphatic rings. The molecule has 0 amide bonds. The average molecular weight is 298 g/mol. The van der Waals surface area contributed by atoms with Gasteiger partial charge in [-0.05, 0) is 32.0 Å². The summed E-state index contributed by atoms with van der Waals surface area (Å²) in [6.45, 7) is 4.07. The monoisotopic (exact) mass is 298 g/mol. The minimum absolute atomic E-state index is 0.235. The maximum absolute atomic E-state index is 12.0. The zero-order valence-corrected chi connectivity index (χ0v) is 13.1. The molecule has 0 aliphatic carbocycles. The molecular weight excluding hydrogens is 276 g/mol. The Morgan fingerprint density at radius 3 is 2.43 bits per heavy atom. The molecule has 0 saturated heterocycles. The van der Waals surface area contributed by atoms with E-state index in [1.165, 1.54) is 20.3 Å². The van der Waals surface area contributed by atoms with E-state index in [-0.39, 0.29) is 17.8 Å². The van der Waals surface area contributed by atoms with Crippen molar-refractivity contribution in [2.45, 2.75) is 25.9 Å².